The largest absolute Gasteiger partial charge is 0.337 e. The average Bonchev–Trinajstić information content (AvgIpc) is 2.86. The Morgan fingerprint density at radius 2 is 1.83 bits per heavy atom. The smallest absolute Gasteiger partial charge is 0.245 e. The normalized spacial score (nSPS) is 20.2. The number of piperazine rings is 1. The van der Waals surface area contributed by atoms with Crippen molar-refractivity contribution in [2.24, 2.45) is 0 Å². The number of carbonyl (C=O) groups is 3. The lowest BCUT2D eigenvalue weighted by Gasteiger charge is -2.53. The van der Waals surface area contributed by atoms with Crippen LogP contribution in [-0.4, -0.2) is 96.0 Å². The number of amides is 3. The van der Waals surface area contributed by atoms with Gasteiger partial charge in [-0.1, -0.05) is 44.7 Å². The summed E-state index contributed by atoms with van der Waals surface area (Å²) in [5, 5.41) is 6.19. The van der Waals surface area contributed by atoms with Crippen LogP contribution < -0.4 is 5.32 Å². The first-order chi connectivity index (χ1) is 17.4. The maximum atomic E-state index is 13.0. The van der Waals surface area contributed by atoms with Gasteiger partial charge < -0.3 is 15.1 Å². The van der Waals surface area contributed by atoms with Crippen LogP contribution >= 0.6 is 11.8 Å². The van der Waals surface area contributed by atoms with Crippen molar-refractivity contribution in [3.8, 4) is 0 Å². The lowest BCUT2D eigenvalue weighted by molar-refractivity contribution is -0.196. The highest BCUT2D eigenvalue weighted by molar-refractivity contribution is 7.98. The van der Waals surface area contributed by atoms with Gasteiger partial charge in [0, 0.05) is 20.1 Å². The lowest BCUT2D eigenvalue weighted by Crippen LogP contribution is -2.74. The minimum Gasteiger partial charge on any atom is -0.337 e. The zero-order chi connectivity index (χ0) is 26.5. The summed E-state index contributed by atoms with van der Waals surface area (Å²) in [6.07, 6.45) is 8.69. The molecular weight excluding hydrogens is 481 g/mol. The molecule has 2 saturated heterocycles. The number of hydrazine groups is 1. The Bertz CT molecular complexity index is 828. The van der Waals surface area contributed by atoms with Gasteiger partial charge in [0.15, 0.2) is 0 Å². The van der Waals surface area contributed by atoms with Crippen molar-refractivity contribution in [3.05, 3.63) is 35.6 Å². The van der Waals surface area contributed by atoms with Crippen molar-refractivity contribution in [1.29, 1.82) is 0 Å². The predicted octanol–water partition coefficient (Wildman–Crippen LogP) is 2.94. The van der Waals surface area contributed by atoms with E-state index in [4.69, 9.17) is 0 Å². The molecule has 1 aromatic carbocycles. The number of unbranched alkanes of at least 4 members (excludes halogenated alkanes) is 4. The summed E-state index contributed by atoms with van der Waals surface area (Å²) in [5.74, 6) is 0.598. The van der Waals surface area contributed by atoms with E-state index in [-0.39, 0.29) is 30.3 Å². The van der Waals surface area contributed by atoms with E-state index in [1.165, 1.54) is 31.4 Å². The lowest BCUT2D eigenvalue weighted by atomic mass is 10.0. The summed E-state index contributed by atoms with van der Waals surface area (Å²) in [4.78, 5) is 40.8. The van der Waals surface area contributed by atoms with Gasteiger partial charge in [-0.2, -0.15) is 11.8 Å². The molecule has 0 bridgehead atoms. The number of nitrogens with one attached hydrogen (secondary N) is 1. The molecule has 0 radical (unpaired) electrons. The molecule has 0 saturated carbocycles. The quantitative estimate of drug-likeness (QED) is 0.335. The van der Waals surface area contributed by atoms with Gasteiger partial charge in [0.1, 0.15) is 18.0 Å². The summed E-state index contributed by atoms with van der Waals surface area (Å²) in [6.45, 7) is 4.21. The van der Waals surface area contributed by atoms with E-state index < -0.39 is 6.04 Å². The van der Waals surface area contributed by atoms with Crippen LogP contribution in [0.3, 0.4) is 0 Å². The van der Waals surface area contributed by atoms with Gasteiger partial charge in [0.05, 0.1) is 13.1 Å². The maximum Gasteiger partial charge on any atom is 0.245 e. The Hall–Kier alpha value is -2.17. The van der Waals surface area contributed by atoms with Crippen LogP contribution in [0.5, 0.6) is 0 Å². The number of thioether (sulfide) groups is 1. The van der Waals surface area contributed by atoms with Crippen molar-refractivity contribution in [3.63, 3.8) is 0 Å². The molecule has 1 N–H and O–H groups in total. The first-order valence-electron chi connectivity index (χ1n) is 12.8. The third-order valence-electron chi connectivity index (χ3n) is 6.52. The number of likely N-dealkylation sites (N-methyl/N-ethyl adjacent to an activating group) is 1. The van der Waals surface area contributed by atoms with E-state index >= 15 is 0 Å². The van der Waals surface area contributed by atoms with Gasteiger partial charge >= 0.3 is 0 Å². The minimum absolute atomic E-state index is 0.0366. The third-order valence-corrected chi connectivity index (χ3v) is 7.16. The van der Waals surface area contributed by atoms with Crippen LogP contribution in [0.25, 0.3) is 0 Å². The zero-order valence-corrected chi connectivity index (χ0v) is 22.9. The topological polar surface area (TPSA) is 76.2 Å². The molecule has 0 aliphatic carbocycles. The number of carbonyl (C=O) groups excluding carboxylic acids is 3. The molecule has 2 aliphatic heterocycles. The van der Waals surface area contributed by atoms with Gasteiger partial charge in [-0.15, -0.1) is 0 Å². The summed E-state index contributed by atoms with van der Waals surface area (Å²) in [5.41, 5.74) is 1.10. The molecule has 3 amide bonds. The Kier molecular flexibility index (Phi) is 13.2. The summed E-state index contributed by atoms with van der Waals surface area (Å²) >= 11 is 1.67. The second kappa shape index (κ2) is 15.8. The summed E-state index contributed by atoms with van der Waals surface area (Å²) < 4.78 is 12.3. The van der Waals surface area contributed by atoms with Gasteiger partial charge in [-0.3, -0.25) is 19.4 Å². The molecule has 202 valence electrons. The van der Waals surface area contributed by atoms with Gasteiger partial charge in [-0.05, 0) is 49.6 Å². The fourth-order valence-corrected chi connectivity index (χ4v) is 5.07. The van der Waals surface area contributed by atoms with Crippen LogP contribution in [0, 0.1) is 5.82 Å². The molecule has 2 atom stereocenters. The van der Waals surface area contributed by atoms with Crippen molar-refractivity contribution >= 4 is 30.0 Å². The van der Waals surface area contributed by atoms with E-state index in [2.05, 4.69) is 12.2 Å². The first-order valence-corrected chi connectivity index (χ1v) is 14.2. The van der Waals surface area contributed by atoms with Gasteiger partial charge in [0.25, 0.3) is 0 Å². The number of halogens is 1. The summed E-state index contributed by atoms with van der Waals surface area (Å²) in [7, 11) is 3.61. The van der Waals surface area contributed by atoms with Crippen LogP contribution in [0.2, 0.25) is 0 Å². The standard InChI is InChI=1S/C18H32N4O3S.C8H10FN/c1-4-5-6-7-8-10-20-12-16-21(14-23)19(2)13-17(24)22(16)15(18(20)25)9-11-26-3;1-10-6-7-2-4-8(9)5-3-7/h14-16H,4-13H2,1-3H3;2-5,10H,6H2,1H3/t15-,16?;/m0./s1. The number of fused-ring (bicyclic) bond motifs is 1. The molecule has 8 nitrogen and oxygen atoms in total. The molecule has 36 heavy (non-hydrogen) atoms. The fraction of sp³-hybridized carbons (Fsp3) is 0.654. The Morgan fingerprint density at radius 3 is 2.44 bits per heavy atom. The monoisotopic (exact) mass is 523 g/mol. The molecule has 0 aromatic heterocycles. The van der Waals surface area contributed by atoms with Crippen molar-refractivity contribution in [1.82, 2.24) is 25.1 Å². The summed E-state index contributed by atoms with van der Waals surface area (Å²) in [6, 6.07) is 6.01. The van der Waals surface area contributed by atoms with Crippen LogP contribution in [0.15, 0.2) is 24.3 Å². The van der Waals surface area contributed by atoms with E-state index in [0.717, 1.165) is 37.1 Å². The van der Waals surface area contributed by atoms with E-state index in [1.54, 1.807) is 45.9 Å². The highest BCUT2D eigenvalue weighted by Gasteiger charge is 2.48. The number of hydrogen-bond donors (Lipinski definition) is 1. The molecule has 3 rings (SSSR count). The predicted molar refractivity (Wildman–Crippen MR) is 142 cm³/mol. The fourth-order valence-electron chi connectivity index (χ4n) is 4.61. The van der Waals surface area contributed by atoms with E-state index in [1.807, 2.05) is 18.2 Å². The maximum absolute atomic E-state index is 13.0. The Morgan fingerprint density at radius 1 is 1.14 bits per heavy atom. The van der Waals surface area contributed by atoms with E-state index in [9.17, 15) is 18.8 Å². The molecule has 1 unspecified atom stereocenters. The van der Waals surface area contributed by atoms with Crippen molar-refractivity contribution in [2.75, 3.05) is 45.7 Å². The second-order valence-corrected chi connectivity index (χ2v) is 10.2. The molecule has 2 heterocycles. The number of nitrogens with zero attached hydrogens (tertiary/aromatic N) is 4. The minimum atomic E-state index is -0.458. The van der Waals surface area contributed by atoms with Gasteiger partial charge in [-0.25, -0.2) is 9.40 Å². The Balaban J connectivity index is 0.000000380. The average molecular weight is 524 g/mol. The third kappa shape index (κ3) is 8.45. The molecule has 10 heteroatoms. The highest BCUT2D eigenvalue weighted by atomic mass is 32.2. The van der Waals surface area contributed by atoms with E-state index in [0.29, 0.717) is 19.5 Å². The second-order valence-electron chi connectivity index (χ2n) is 9.24. The first kappa shape index (κ1) is 30.1. The zero-order valence-electron chi connectivity index (χ0n) is 22.1. The highest BCUT2D eigenvalue weighted by Crippen LogP contribution is 2.27. The molecule has 0 spiro atoms. The van der Waals surface area contributed by atoms with Crippen molar-refractivity contribution < 1.29 is 18.8 Å². The Labute approximate surface area is 219 Å². The molecule has 2 fully saturated rings. The molecular formula is C26H42FN5O3S. The molecule has 2 aliphatic rings. The number of hydrogen-bond acceptors (Lipinski definition) is 6. The SMILES string of the molecule is CCCCCCCN1CC2N(C(=O)CN(C)N2C=O)[C@@H](CCSC)C1=O.CNCc1ccc(F)cc1. The van der Waals surface area contributed by atoms with Crippen LogP contribution in [-0.2, 0) is 20.9 Å². The number of benzene rings is 1. The molecule has 1 aromatic rings. The van der Waals surface area contributed by atoms with Crippen LogP contribution in [0.1, 0.15) is 51.0 Å². The number of rotatable bonds is 12. The van der Waals surface area contributed by atoms with Crippen LogP contribution in [0.4, 0.5) is 4.39 Å². The van der Waals surface area contributed by atoms with Crippen molar-refractivity contribution in [2.45, 2.75) is 64.2 Å². The van der Waals surface area contributed by atoms with Gasteiger partial charge in [0.2, 0.25) is 18.2 Å².